The van der Waals surface area contributed by atoms with Crippen LogP contribution in [0.4, 0.5) is 0 Å². The number of hydrogen-bond donors (Lipinski definition) is 2. The van der Waals surface area contributed by atoms with Crippen molar-refractivity contribution in [1.82, 2.24) is 0 Å². The molecule has 2 rings (SSSR count). The number of carboxylic acid groups (broad SMARTS) is 1. The first-order chi connectivity index (χ1) is 6.66. The number of carbonyl (C=O) groups is 1. The zero-order valence-electron chi connectivity index (χ0n) is 7.43. The lowest BCUT2D eigenvalue weighted by Gasteiger charge is -2.02. The van der Waals surface area contributed by atoms with E-state index in [2.05, 4.69) is 0 Å². The molecular formula is C10H10O4. The zero-order chi connectivity index (χ0) is 10.1. The second-order valence-electron chi connectivity index (χ2n) is 3.27. The normalized spacial score (nSPS) is 18.8. The first kappa shape index (κ1) is 9.02. The van der Waals surface area contributed by atoms with E-state index in [9.17, 15) is 9.90 Å². The molecule has 0 radical (unpaired) electrons. The number of aliphatic hydroxyl groups excluding tert-OH is 1. The highest BCUT2D eigenvalue weighted by Gasteiger charge is 2.21. The van der Waals surface area contributed by atoms with E-state index in [1.807, 2.05) is 0 Å². The number of benzene rings is 1. The molecule has 0 aromatic heterocycles. The van der Waals surface area contributed by atoms with Crippen molar-refractivity contribution in [2.24, 2.45) is 0 Å². The molecule has 0 saturated heterocycles. The van der Waals surface area contributed by atoms with Crippen LogP contribution in [-0.4, -0.2) is 22.8 Å². The summed E-state index contributed by atoms with van der Waals surface area (Å²) in [6.45, 7) is 0.256. The second kappa shape index (κ2) is 3.31. The Bertz CT molecular complexity index is 372. The quantitative estimate of drug-likeness (QED) is 0.728. The Labute approximate surface area is 80.7 Å². The molecule has 0 saturated carbocycles. The summed E-state index contributed by atoms with van der Waals surface area (Å²) in [5.41, 5.74) is 1.37. The number of rotatable bonds is 2. The number of aliphatic carboxylic acids is 1. The van der Waals surface area contributed by atoms with Gasteiger partial charge in [0.15, 0.2) is 0 Å². The van der Waals surface area contributed by atoms with E-state index in [1.165, 1.54) is 0 Å². The molecule has 0 fully saturated rings. The molecule has 1 aliphatic heterocycles. The van der Waals surface area contributed by atoms with Gasteiger partial charge < -0.3 is 14.9 Å². The van der Waals surface area contributed by atoms with Crippen LogP contribution in [0, 0.1) is 0 Å². The van der Waals surface area contributed by atoms with Crippen molar-refractivity contribution in [3.05, 3.63) is 29.3 Å². The van der Waals surface area contributed by atoms with Crippen molar-refractivity contribution in [3.63, 3.8) is 0 Å². The van der Waals surface area contributed by atoms with Gasteiger partial charge in [0.2, 0.25) is 0 Å². The molecule has 2 N–H and O–H groups in total. The van der Waals surface area contributed by atoms with Crippen LogP contribution in [0.15, 0.2) is 18.2 Å². The smallest absolute Gasteiger partial charge is 0.307 e. The lowest BCUT2D eigenvalue weighted by atomic mass is 10.1. The second-order valence-corrected chi connectivity index (χ2v) is 3.27. The average molecular weight is 194 g/mol. The van der Waals surface area contributed by atoms with Crippen LogP contribution in [0.1, 0.15) is 17.2 Å². The maximum atomic E-state index is 10.5. The van der Waals surface area contributed by atoms with E-state index in [4.69, 9.17) is 9.84 Å². The fourth-order valence-electron chi connectivity index (χ4n) is 1.53. The van der Waals surface area contributed by atoms with Crippen LogP contribution in [-0.2, 0) is 11.2 Å². The largest absolute Gasteiger partial charge is 0.490 e. The molecule has 1 heterocycles. The van der Waals surface area contributed by atoms with Gasteiger partial charge in [-0.05, 0) is 17.7 Å². The van der Waals surface area contributed by atoms with Crippen LogP contribution < -0.4 is 4.74 Å². The monoisotopic (exact) mass is 194 g/mol. The molecule has 4 nitrogen and oxygen atoms in total. The van der Waals surface area contributed by atoms with Crippen molar-refractivity contribution in [2.45, 2.75) is 12.5 Å². The molecule has 74 valence electrons. The molecular weight excluding hydrogens is 184 g/mol. The lowest BCUT2D eigenvalue weighted by molar-refractivity contribution is -0.136. The SMILES string of the molecule is O=C(O)Cc1ccc2c(c1)C(O)CO2. The number of aliphatic hydroxyl groups is 1. The molecule has 1 aromatic rings. The Morgan fingerprint density at radius 3 is 3.07 bits per heavy atom. The standard InChI is InChI=1S/C10H10O4/c11-8-5-14-9-2-1-6(3-7(8)9)4-10(12)13/h1-3,8,11H,4-5H2,(H,12,13). The first-order valence-electron chi connectivity index (χ1n) is 4.32. The molecule has 1 unspecified atom stereocenters. The molecule has 1 aromatic carbocycles. The first-order valence-corrected chi connectivity index (χ1v) is 4.32. The van der Waals surface area contributed by atoms with Gasteiger partial charge in [-0.1, -0.05) is 6.07 Å². The predicted molar refractivity (Wildman–Crippen MR) is 48.2 cm³/mol. The summed E-state index contributed by atoms with van der Waals surface area (Å²) < 4.78 is 5.17. The minimum Gasteiger partial charge on any atom is -0.490 e. The third-order valence-corrected chi connectivity index (χ3v) is 2.19. The van der Waals surface area contributed by atoms with E-state index in [0.717, 1.165) is 0 Å². The van der Waals surface area contributed by atoms with E-state index < -0.39 is 12.1 Å². The van der Waals surface area contributed by atoms with Crippen molar-refractivity contribution >= 4 is 5.97 Å². The van der Waals surface area contributed by atoms with Crippen molar-refractivity contribution < 1.29 is 19.7 Å². The highest BCUT2D eigenvalue weighted by Crippen LogP contribution is 2.32. The Kier molecular flexibility index (Phi) is 2.13. The lowest BCUT2D eigenvalue weighted by Crippen LogP contribution is -2.01. The summed E-state index contributed by atoms with van der Waals surface area (Å²) in [4.78, 5) is 10.5. The van der Waals surface area contributed by atoms with E-state index in [0.29, 0.717) is 16.9 Å². The topological polar surface area (TPSA) is 66.8 Å². The summed E-state index contributed by atoms with van der Waals surface area (Å²) >= 11 is 0. The number of fused-ring (bicyclic) bond motifs is 1. The molecule has 0 bridgehead atoms. The molecule has 4 heteroatoms. The van der Waals surface area contributed by atoms with Gasteiger partial charge in [0, 0.05) is 5.56 Å². The molecule has 0 spiro atoms. The van der Waals surface area contributed by atoms with Gasteiger partial charge >= 0.3 is 5.97 Å². The highest BCUT2D eigenvalue weighted by molar-refractivity contribution is 5.70. The predicted octanol–water partition coefficient (Wildman–Crippen LogP) is 0.740. The number of ether oxygens (including phenoxy) is 1. The molecule has 0 amide bonds. The van der Waals surface area contributed by atoms with Crippen LogP contribution in [0.2, 0.25) is 0 Å². The summed E-state index contributed by atoms with van der Waals surface area (Å²) in [5.74, 6) is -0.231. The van der Waals surface area contributed by atoms with E-state index in [1.54, 1.807) is 18.2 Å². The van der Waals surface area contributed by atoms with Crippen LogP contribution >= 0.6 is 0 Å². The van der Waals surface area contributed by atoms with Crippen LogP contribution in [0.25, 0.3) is 0 Å². The van der Waals surface area contributed by atoms with Crippen LogP contribution in [0.3, 0.4) is 0 Å². The molecule has 14 heavy (non-hydrogen) atoms. The summed E-state index contributed by atoms with van der Waals surface area (Å²) in [5, 5.41) is 18.1. The van der Waals surface area contributed by atoms with E-state index in [-0.39, 0.29) is 13.0 Å². The summed E-state index contributed by atoms with van der Waals surface area (Å²) in [6, 6.07) is 5.08. The summed E-state index contributed by atoms with van der Waals surface area (Å²) in [6.07, 6.45) is -0.654. The van der Waals surface area contributed by atoms with Gasteiger partial charge in [0.05, 0.1) is 6.42 Å². The van der Waals surface area contributed by atoms with Crippen molar-refractivity contribution in [2.75, 3.05) is 6.61 Å². The minimum atomic E-state index is -0.877. The van der Waals surface area contributed by atoms with Crippen LogP contribution in [0.5, 0.6) is 5.75 Å². The van der Waals surface area contributed by atoms with Gasteiger partial charge in [-0.25, -0.2) is 0 Å². The Hall–Kier alpha value is -1.55. The Balaban J connectivity index is 2.30. The highest BCUT2D eigenvalue weighted by atomic mass is 16.5. The third-order valence-electron chi connectivity index (χ3n) is 2.19. The van der Waals surface area contributed by atoms with Gasteiger partial charge in [0.25, 0.3) is 0 Å². The van der Waals surface area contributed by atoms with Gasteiger partial charge in [-0.15, -0.1) is 0 Å². The minimum absolute atomic E-state index is 0.0278. The fraction of sp³-hybridized carbons (Fsp3) is 0.300. The molecule has 0 aliphatic carbocycles. The fourth-order valence-corrected chi connectivity index (χ4v) is 1.53. The Morgan fingerprint density at radius 2 is 2.36 bits per heavy atom. The average Bonchev–Trinajstić information content (AvgIpc) is 2.47. The maximum Gasteiger partial charge on any atom is 0.307 e. The zero-order valence-corrected chi connectivity index (χ0v) is 7.43. The third kappa shape index (κ3) is 1.56. The summed E-state index contributed by atoms with van der Waals surface area (Å²) in [7, 11) is 0. The number of carboxylic acids is 1. The van der Waals surface area contributed by atoms with Crippen molar-refractivity contribution in [3.8, 4) is 5.75 Å². The maximum absolute atomic E-state index is 10.5. The van der Waals surface area contributed by atoms with Gasteiger partial charge in [-0.3, -0.25) is 4.79 Å². The van der Waals surface area contributed by atoms with Gasteiger partial charge in [-0.2, -0.15) is 0 Å². The number of hydrogen-bond acceptors (Lipinski definition) is 3. The Morgan fingerprint density at radius 1 is 1.57 bits per heavy atom. The molecule has 1 atom stereocenters. The van der Waals surface area contributed by atoms with Crippen molar-refractivity contribution in [1.29, 1.82) is 0 Å². The van der Waals surface area contributed by atoms with E-state index >= 15 is 0 Å². The van der Waals surface area contributed by atoms with Gasteiger partial charge in [0.1, 0.15) is 18.5 Å². The molecule has 1 aliphatic rings.